The van der Waals surface area contributed by atoms with Crippen molar-refractivity contribution in [2.75, 3.05) is 32.6 Å². The average molecular weight is 389 g/mol. The number of rotatable bonds is 5. The molecule has 2 atom stereocenters. The number of hydrogen-bond donors (Lipinski definition) is 1. The highest BCUT2D eigenvalue weighted by Gasteiger charge is 2.31. The largest absolute Gasteiger partial charge is 0.384 e. The van der Waals surface area contributed by atoms with E-state index in [0.717, 1.165) is 25.9 Å². The number of carbonyl (C=O) groups excluding carboxylic acids is 1. The summed E-state index contributed by atoms with van der Waals surface area (Å²) in [6, 6.07) is 7.16. The Morgan fingerprint density at radius 2 is 1.88 bits per heavy atom. The van der Waals surface area contributed by atoms with Gasteiger partial charge in [0.15, 0.2) is 9.84 Å². The van der Waals surface area contributed by atoms with E-state index in [1.807, 2.05) is 4.90 Å². The van der Waals surface area contributed by atoms with Crippen LogP contribution in [0.3, 0.4) is 0 Å². The first-order chi connectivity index (χ1) is 11.5. The molecule has 0 spiro atoms. The van der Waals surface area contributed by atoms with Gasteiger partial charge in [-0.05, 0) is 43.5 Å². The summed E-state index contributed by atoms with van der Waals surface area (Å²) >= 11 is 0. The van der Waals surface area contributed by atoms with Gasteiger partial charge in [0.25, 0.3) is 5.91 Å². The van der Waals surface area contributed by atoms with Gasteiger partial charge in [0.05, 0.1) is 17.3 Å². The summed E-state index contributed by atoms with van der Waals surface area (Å²) in [5.41, 5.74) is 0.540. The van der Waals surface area contributed by atoms with Crippen molar-refractivity contribution in [3.05, 3.63) is 29.8 Å². The molecule has 2 aliphatic rings. The van der Waals surface area contributed by atoms with Crippen molar-refractivity contribution >= 4 is 28.2 Å². The van der Waals surface area contributed by atoms with E-state index in [1.165, 1.54) is 25.7 Å². The van der Waals surface area contributed by atoms with Crippen LogP contribution in [0.15, 0.2) is 29.2 Å². The number of nitrogens with zero attached hydrogens (tertiary/aromatic N) is 1. The van der Waals surface area contributed by atoms with Crippen molar-refractivity contribution in [3.63, 3.8) is 0 Å². The molecule has 25 heavy (non-hydrogen) atoms. The first-order valence-electron chi connectivity index (χ1n) is 8.36. The van der Waals surface area contributed by atoms with E-state index >= 15 is 0 Å². The molecule has 140 valence electrons. The summed E-state index contributed by atoms with van der Waals surface area (Å²) in [6.07, 6.45) is 3.29. The van der Waals surface area contributed by atoms with E-state index in [9.17, 15) is 13.2 Å². The minimum Gasteiger partial charge on any atom is -0.384 e. The van der Waals surface area contributed by atoms with E-state index in [2.05, 4.69) is 5.32 Å². The number of hydrogen-bond acceptors (Lipinski definition) is 5. The number of sulfone groups is 1. The zero-order valence-corrected chi connectivity index (χ0v) is 15.9. The maximum Gasteiger partial charge on any atom is 0.253 e. The second-order valence-electron chi connectivity index (χ2n) is 6.51. The zero-order chi connectivity index (χ0) is 17.2. The summed E-state index contributed by atoms with van der Waals surface area (Å²) in [6.45, 7) is 1.64. The van der Waals surface area contributed by atoms with Crippen LogP contribution in [0.2, 0.25) is 0 Å². The second kappa shape index (κ2) is 8.49. The lowest BCUT2D eigenvalue weighted by molar-refractivity contribution is 0.0748. The molecule has 3 rings (SSSR count). The molecule has 1 aromatic carbocycles. The van der Waals surface area contributed by atoms with Gasteiger partial charge in [0.2, 0.25) is 0 Å². The van der Waals surface area contributed by atoms with E-state index in [1.54, 1.807) is 12.1 Å². The number of benzene rings is 1. The Morgan fingerprint density at radius 3 is 2.56 bits per heavy atom. The van der Waals surface area contributed by atoms with Crippen molar-refractivity contribution in [1.29, 1.82) is 0 Å². The van der Waals surface area contributed by atoms with Crippen LogP contribution in [0.25, 0.3) is 0 Å². The molecule has 6 nitrogen and oxygen atoms in total. The van der Waals surface area contributed by atoms with Gasteiger partial charge in [-0.25, -0.2) is 8.42 Å². The fourth-order valence-electron chi connectivity index (χ4n) is 3.43. The highest BCUT2D eigenvalue weighted by molar-refractivity contribution is 7.91. The molecule has 2 heterocycles. The Labute approximate surface area is 155 Å². The third kappa shape index (κ3) is 4.73. The number of carbonyl (C=O) groups is 1. The van der Waals surface area contributed by atoms with Crippen LogP contribution in [0, 0.1) is 0 Å². The van der Waals surface area contributed by atoms with Crippen LogP contribution in [-0.2, 0) is 14.6 Å². The molecular weight excluding hydrogens is 364 g/mol. The number of fused-ring (bicyclic) bond motifs is 2. The topological polar surface area (TPSA) is 75.7 Å². The Bertz CT molecular complexity index is 693. The number of nitrogens with one attached hydrogen (secondary N) is 1. The number of methoxy groups -OCH3 is 1. The molecule has 2 unspecified atom stereocenters. The van der Waals surface area contributed by atoms with Crippen molar-refractivity contribution in [3.8, 4) is 0 Å². The smallest absolute Gasteiger partial charge is 0.253 e. The highest BCUT2D eigenvalue weighted by Crippen LogP contribution is 2.22. The van der Waals surface area contributed by atoms with Gasteiger partial charge in [-0.3, -0.25) is 4.79 Å². The van der Waals surface area contributed by atoms with Gasteiger partial charge in [-0.15, -0.1) is 12.4 Å². The minimum atomic E-state index is -3.36. The maximum absolute atomic E-state index is 12.7. The maximum atomic E-state index is 12.7. The van der Waals surface area contributed by atoms with Crippen molar-refractivity contribution in [2.24, 2.45) is 0 Å². The zero-order valence-electron chi connectivity index (χ0n) is 14.3. The van der Waals surface area contributed by atoms with Gasteiger partial charge in [-0.2, -0.15) is 0 Å². The summed E-state index contributed by atoms with van der Waals surface area (Å²) in [7, 11) is -1.89. The SMILES string of the molecule is COCCS(=O)(=O)c1ccc(C(=O)N2CCC3CCC(C2)N3)cc1.Cl. The average Bonchev–Trinajstić information content (AvgIpc) is 2.91. The van der Waals surface area contributed by atoms with Crippen LogP contribution < -0.4 is 5.32 Å². The lowest BCUT2D eigenvalue weighted by Gasteiger charge is -2.24. The predicted octanol–water partition coefficient (Wildman–Crippen LogP) is 1.49. The predicted molar refractivity (Wildman–Crippen MR) is 98.1 cm³/mol. The van der Waals surface area contributed by atoms with Gasteiger partial charge < -0.3 is 15.0 Å². The van der Waals surface area contributed by atoms with Crippen molar-refractivity contribution in [2.45, 2.75) is 36.2 Å². The van der Waals surface area contributed by atoms with E-state index in [-0.39, 0.29) is 35.6 Å². The molecule has 1 N–H and O–H groups in total. The van der Waals surface area contributed by atoms with Gasteiger partial charge in [-0.1, -0.05) is 0 Å². The van der Waals surface area contributed by atoms with Crippen molar-refractivity contribution < 1.29 is 17.9 Å². The molecule has 1 amide bonds. The second-order valence-corrected chi connectivity index (χ2v) is 8.62. The Morgan fingerprint density at radius 1 is 1.20 bits per heavy atom. The molecule has 8 heteroatoms. The standard InChI is InChI=1S/C17H24N2O4S.ClH/c1-23-10-11-24(21,22)16-6-2-13(3-7-16)17(20)19-9-8-14-4-5-15(12-19)18-14;/h2-3,6-7,14-15,18H,4-5,8-12H2,1H3;1H. The minimum absolute atomic E-state index is 0. The molecule has 0 aliphatic carbocycles. The van der Waals surface area contributed by atoms with E-state index < -0.39 is 9.84 Å². The summed E-state index contributed by atoms with van der Waals surface area (Å²) < 4.78 is 29.1. The lowest BCUT2D eigenvalue weighted by atomic mass is 10.1. The molecular formula is C17H25ClN2O4S. The summed E-state index contributed by atoms with van der Waals surface area (Å²) in [5, 5.41) is 3.55. The molecule has 1 aromatic rings. The number of likely N-dealkylation sites (tertiary alicyclic amines) is 1. The molecule has 0 saturated carbocycles. The number of amides is 1. The highest BCUT2D eigenvalue weighted by atomic mass is 35.5. The van der Waals surface area contributed by atoms with Crippen LogP contribution in [0.4, 0.5) is 0 Å². The third-order valence-corrected chi connectivity index (χ3v) is 6.52. The number of ether oxygens (including phenoxy) is 1. The summed E-state index contributed by atoms with van der Waals surface area (Å²) in [5.74, 6) is -0.0809. The van der Waals surface area contributed by atoms with Crippen LogP contribution >= 0.6 is 12.4 Å². The van der Waals surface area contributed by atoms with Gasteiger partial charge >= 0.3 is 0 Å². The molecule has 2 aliphatic heterocycles. The Balaban J connectivity index is 0.00000225. The van der Waals surface area contributed by atoms with Gasteiger partial charge in [0, 0.05) is 37.8 Å². The Hall–Kier alpha value is -1.15. The third-order valence-electron chi connectivity index (χ3n) is 4.83. The molecule has 0 radical (unpaired) electrons. The Kier molecular flexibility index (Phi) is 6.85. The normalized spacial score (nSPS) is 23.0. The van der Waals surface area contributed by atoms with Crippen LogP contribution in [0.1, 0.15) is 29.6 Å². The molecule has 0 aromatic heterocycles. The fourth-order valence-corrected chi connectivity index (χ4v) is 4.60. The van der Waals surface area contributed by atoms with Gasteiger partial charge in [0.1, 0.15) is 0 Å². The van der Waals surface area contributed by atoms with E-state index in [0.29, 0.717) is 17.6 Å². The molecule has 2 bridgehead atoms. The number of halogens is 1. The van der Waals surface area contributed by atoms with Crippen LogP contribution in [0.5, 0.6) is 0 Å². The first kappa shape index (κ1) is 20.2. The first-order valence-corrected chi connectivity index (χ1v) is 10.0. The fraction of sp³-hybridized carbons (Fsp3) is 0.588. The lowest BCUT2D eigenvalue weighted by Crippen LogP contribution is -2.39. The van der Waals surface area contributed by atoms with Crippen molar-refractivity contribution in [1.82, 2.24) is 10.2 Å². The van der Waals surface area contributed by atoms with Crippen LogP contribution in [-0.4, -0.2) is 63.9 Å². The monoisotopic (exact) mass is 388 g/mol. The quantitative estimate of drug-likeness (QED) is 0.827. The molecule has 2 saturated heterocycles. The molecule has 2 fully saturated rings. The van der Waals surface area contributed by atoms with E-state index in [4.69, 9.17) is 4.74 Å². The summed E-state index contributed by atoms with van der Waals surface area (Å²) in [4.78, 5) is 14.8.